The van der Waals surface area contributed by atoms with Gasteiger partial charge >= 0.3 is 0 Å². The van der Waals surface area contributed by atoms with E-state index in [4.69, 9.17) is 23.8 Å². The third-order valence-corrected chi connectivity index (χ3v) is 3.31. The number of thiocarbonyl (C=S) groups is 1. The predicted octanol–water partition coefficient (Wildman–Crippen LogP) is 4.45. The highest BCUT2D eigenvalue weighted by Gasteiger charge is 2.16. The van der Waals surface area contributed by atoms with Crippen LogP contribution in [0.4, 0.5) is 0 Å². The van der Waals surface area contributed by atoms with Crippen LogP contribution in [0.3, 0.4) is 0 Å². The first-order valence-electron chi connectivity index (χ1n) is 4.43. The Morgan fingerprint density at radius 3 is 2.60 bits per heavy atom. The van der Waals surface area contributed by atoms with Crippen LogP contribution >= 0.6 is 39.7 Å². The molecule has 0 aliphatic heterocycles. The van der Waals surface area contributed by atoms with E-state index in [-0.39, 0.29) is 5.92 Å². The summed E-state index contributed by atoms with van der Waals surface area (Å²) in [7, 11) is 0. The Bertz CT molecular complexity index is 445. The van der Waals surface area contributed by atoms with E-state index in [0.717, 1.165) is 19.9 Å². The molecule has 15 heavy (non-hydrogen) atoms. The molecule has 0 amide bonds. The van der Waals surface area contributed by atoms with Crippen molar-refractivity contribution in [3.05, 3.63) is 57.6 Å². The molecule has 1 aromatic rings. The second kappa shape index (κ2) is 4.60. The number of benzene rings is 1. The molecule has 3 heteroatoms. The topological polar surface area (TPSA) is 0 Å². The third-order valence-electron chi connectivity index (χ3n) is 2.19. The maximum atomic E-state index is 5.84. The summed E-state index contributed by atoms with van der Waals surface area (Å²) < 4.78 is 1.01. The van der Waals surface area contributed by atoms with Crippen molar-refractivity contribution in [2.45, 2.75) is 5.92 Å². The maximum Gasteiger partial charge on any atom is 0.0406 e. The van der Waals surface area contributed by atoms with Gasteiger partial charge in [-0.3, -0.25) is 0 Å². The van der Waals surface area contributed by atoms with Gasteiger partial charge in [-0.05, 0) is 29.8 Å². The van der Waals surface area contributed by atoms with Crippen LogP contribution in [-0.4, -0.2) is 4.86 Å². The lowest BCUT2D eigenvalue weighted by Gasteiger charge is -2.15. The molecule has 1 aliphatic rings. The number of halogens is 2. The van der Waals surface area contributed by atoms with E-state index in [2.05, 4.69) is 28.1 Å². The molecule has 0 N–H and O–H groups in total. The second-order valence-electron chi connectivity index (χ2n) is 3.23. The van der Waals surface area contributed by atoms with Crippen LogP contribution in [0.5, 0.6) is 0 Å². The molecular formula is C12H7BrClS. The maximum absolute atomic E-state index is 5.84. The first-order valence-corrected chi connectivity index (χ1v) is 6.01. The monoisotopic (exact) mass is 297 g/mol. The van der Waals surface area contributed by atoms with E-state index in [1.807, 2.05) is 30.3 Å². The minimum atomic E-state index is 0.122. The van der Waals surface area contributed by atoms with E-state index >= 15 is 0 Å². The lowest BCUT2D eigenvalue weighted by atomic mass is 9.92. The minimum Gasteiger partial charge on any atom is -0.0843 e. The molecule has 0 fully saturated rings. The van der Waals surface area contributed by atoms with Crippen molar-refractivity contribution < 1.29 is 0 Å². The van der Waals surface area contributed by atoms with Gasteiger partial charge in [0, 0.05) is 20.3 Å². The van der Waals surface area contributed by atoms with Crippen LogP contribution < -0.4 is 0 Å². The molecule has 1 aromatic carbocycles. The summed E-state index contributed by atoms with van der Waals surface area (Å²) in [5, 5.41) is 0.739. The lowest BCUT2D eigenvalue weighted by Crippen LogP contribution is -2.08. The Morgan fingerprint density at radius 1 is 1.27 bits per heavy atom. The molecule has 0 spiro atoms. The molecule has 0 heterocycles. The van der Waals surface area contributed by atoms with Gasteiger partial charge in [0.1, 0.15) is 0 Å². The summed E-state index contributed by atoms with van der Waals surface area (Å²) in [6.45, 7) is 0. The summed E-state index contributed by atoms with van der Waals surface area (Å²) >= 11 is 14.5. The minimum absolute atomic E-state index is 0.122. The fourth-order valence-corrected chi connectivity index (χ4v) is 2.20. The Balaban J connectivity index is 2.35. The van der Waals surface area contributed by atoms with Crippen LogP contribution in [0.1, 0.15) is 11.5 Å². The van der Waals surface area contributed by atoms with Gasteiger partial charge < -0.3 is 0 Å². The Morgan fingerprint density at radius 2 is 1.93 bits per heavy atom. The molecule has 0 saturated heterocycles. The van der Waals surface area contributed by atoms with Gasteiger partial charge in [0.25, 0.3) is 0 Å². The number of rotatable bonds is 1. The van der Waals surface area contributed by atoms with E-state index in [1.165, 1.54) is 0 Å². The molecule has 2 rings (SSSR count). The molecule has 0 bridgehead atoms. The molecule has 75 valence electrons. The van der Waals surface area contributed by atoms with Gasteiger partial charge in [-0.1, -0.05) is 58.0 Å². The molecule has 1 unspecified atom stereocenters. The van der Waals surface area contributed by atoms with Crippen LogP contribution in [0, 0.1) is 6.08 Å². The zero-order valence-corrected chi connectivity index (χ0v) is 10.9. The van der Waals surface area contributed by atoms with Gasteiger partial charge in [0.05, 0.1) is 0 Å². The van der Waals surface area contributed by atoms with Crippen molar-refractivity contribution >= 4 is 44.6 Å². The highest BCUT2D eigenvalue weighted by molar-refractivity contribution is 9.11. The van der Waals surface area contributed by atoms with Crippen LogP contribution in [0.2, 0.25) is 5.02 Å². The number of hydrogen-bond acceptors (Lipinski definition) is 1. The molecule has 0 saturated carbocycles. The Kier molecular flexibility index (Phi) is 3.39. The van der Waals surface area contributed by atoms with E-state index in [1.54, 1.807) is 0 Å². The Labute approximate surface area is 108 Å². The van der Waals surface area contributed by atoms with Gasteiger partial charge in [0.2, 0.25) is 0 Å². The zero-order valence-electron chi connectivity index (χ0n) is 7.71. The van der Waals surface area contributed by atoms with E-state index in [0.29, 0.717) is 0 Å². The van der Waals surface area contributed by atoms with E-state index < -0.39 is 0 Å². The average molecular weight is 299 g/mol. The van der Waals surface area contributed by atoms with Gasteiger partial charge in [-0.25, -0.2) is 0 Å². The van der Waals surface area contributed by atoms with Crippen LogP contribution in [0.25, 0.3) is 0 Å². The highest BCUT2D eigenvalue weighted by Crippen LogP contribution is 2.28. The smallest absolute Gasteiger partial charge is 0.0406 e. The standard InChI is InChI=1S/C12H7BrClS/c13-9-3-6-12(15)11(7-9)8-1-4-10(14)5-2-8/h1-5,7,11H. The van der Waals surface area contributed by atoms with Crippen molar-refractivity contribution in [1.29, 1.82) is 0 Å². The predicted molar refractivity (Wildman–Crippen MR) is 71.6 cm³/mol. The van der Waals surface area contributed by atoms with Crippen molar-refractivity contribution in [3.63, 3.8) is 0 Å². The average Bonchev–Trinajstić information content (AvgIpc) is 2.23. The SMILES string of the molecule is S=C1[C]=CC(Br)=CC1c1ccc(Cl)cc1. The molecule has 1 atom stereocenters. The summed E-state index contributed by atoms with van der Waals surface area (Å²) in [5.41, 5.74) is 1.14. The quantitative estimate of drug-likeness (QED) is 0.691. The van der Waals surface area contributed by atoms with Crippen molar-refractivity contribution in [1.82, 2.24) is 0 Å². The van der Waals surface area contributed by atoms with Crippen LogP contribution in [-0.2, 0) is 0 Å². The van der Waals surface area contributed by atoms with E-state index in [9.17, 15) is 0 Å². The molecule has 0 nitrogen and oxygen atoms in total. The molecule has 0 aromatic heterocycles. The molecular weight excluding hydrogens is 292 g/mol. The first-order chi connectivity index (χ1) is 7.16. The third kappa shape index (κ3) is 2.57. The lowest BCUT2D eigenvalue weighted by molar-refractivity contribution is 1.15. The first kappa shape index (κ1) is 11.1. The number of allylic oxidation sites excluding steroid dienone is 4. The molecule has 1 radical (unpaired) electrons. The summed E-state index contributed by atoms with van der Waals surface area (Å²) in [6.07, 6.45) is 6.97. The van der Waals surface area contributed by atoms with Gasteiger partial charge in [-0.15, -0.1) is 0 Å². The van der Waals surface area contributed by atoms with Gasteiger partial charge in [0.15, 0.2) is 0 Å². The zero-order chi connectivity index (χ0) is 10.8. The fraction of sp³-hybridized carbons (Fsp3) is 0.0833. The van der Waals surface area contributed by atoms with Gasteiger partial charge in [-0.2, -0.15) is 0 Å². The summed E-state index contributed by atoms with van der Waals surface area (Å²) in [6, 6.07) is 7.73. The summed E-state index contributed by atoms with van der Waals surface area (Å²) in [4.78, 5) is 0.806. The van der Waals surface area contributed by atoms with Crippen molar-refractivity contribution in [3.8, 4) is 0 Å². The van der Waals surface area contributed by atoms with Crippen LogP contribution in [0.15, 0.2) is 40.9 Å². The largest absolute Gasteiger partial charge is 0.0843 e. The highest BCUT2D eigenvalue weighted by atomic mass is 79.9. The molecule has 1 aliphatic carbocycles. The summed E-state index contributed by atoms with van der Waals surface area (Å²) in [5.74, 6) is 0.122. The Hall–Kier alpha value is -0.440. The normalized spacial score (nSPS) is 20.3. The second-order valence-corrected chi connectivity index (χ2v) is 5.03. The van der Waals surface area contributed by atoms with Crippen molar-refractivity contribution in [2.24, 2.45) is 0 Å². The van der Waals surface area contributed by atoms with Crippen molar-refractivity contribution in [2.75, 3.05) is 0 Å². The fourth-order valence-electron chi connectivity index (χ4n) is 1.43. The number of hydrogen-bond donors (Lipinski definition) is 0.